The van der Waals surface area contributed by atoms with Gasteiger partial charge in [0, 0.05) is 13.6 Å². The van der Waals surface area contributed by atoms with E-state index >= 15 is 0 Å². The standard InChI is InChI=1S/C4H9BF3O2/c1-9-2-3-10-4-5(6,7)8/h2-4H2,1H3/q-1. The van der Waals surface area contributed by atoms with Gasteiger partial charge in [-0.2, -0.15) is 0 Å². The molecule has 6 heteroatoms. The molecule has 0 unspecified atom stereocenters. The fourth-order valence-corrected chi connectivity index (χ4v) is 0.359. The predicted molar refractivity (Wildman–Crippen MR) is 31.8 cm³/mol. The van der Waals surface area contributed by atoms with E-state index in [2.05, 4.69) is 9.47 Å². The molecule has 0 radical (unpaired) electrons. The number of methoxy groups -OCH3 is 1. The molecular weight excluding hydrogens is 148 g/mol. The third-order valence-electron chi connectivity index (χ3n) is 0.739. The average Bonchev–Trinajstić information content (AvgIpc) is 1.78. The number of hydrogen-bond donors (Lipinski definition) is 0. The number of halogens is 3. The Kier molecular flexibility index (Phi) is 4.47. The molecule has 0 aromatic rings. The summed E-state index contributed by atoms with van der Waals surface area (Å²) in [6.07, 6.45) is 0. The van der Waals surface area contributed by atoms with E-state index in [9.17, 15) is 12.9 Å². The maximum absolute atomic E-state index is 11.4. The van der Waals surface area contributed by atoms with Crippen molar-refractivity contribution in [3.63, 3.8) is 0 Å². The molecule has 0 aromatic heterocycles. The smallest absolute Gasteiger partial charge is 0.447 e. The Morgan fingerprint density at radius 3 is 2.20 bits per heavy atom. The van der Waals surface area contributed by atoms with Crippen LogP contribution in [-0.4, -0.2) is 33.8 Å². The van der Waals surface area contributed by atoms with Crippen LogP contribution in [0.2, 0.25) is 0 Å². The van der Waals surface area contributed by atoms with Gasteiger partial charge in [-0.05, 0) is 0 Å². The minimum atomic E-state index is -4.79. The molecule has 0 saturated carbocycles. The van der Waals surface area contributed by atoms with Gasteiger partial charge in [0.15, 0.2) is 0 Å². The molecule has 0 aromatic carbocycles. The molecule has 0 aliphatic rings. The molecule has 0 saturated heterocycles. The van der Waals surface area contributed by atoms with Crippen LogP contribution in [0.25, 0.3) is 0 Å². The van der Waals surface area contributed by atoms with Crippen LogP contribution in [0.1, 0.15) is 0 Å². The molecule has 10 heavy (non-hydrogen) atoms. The Bertz CT molecular complexity index is 85.1. The largest absolute Gasteiger partial charge is 0.503 e. The normalized spacial score (nSPS) is 12.0. The molecule has 0 aliphatic carbocycles. The SMILES string of the molecule is COCCOC[B-](F)(F)F. The summed E-state index contributed by atoms with van der Waals surface area (Å²) in [7, 11) is 1.40. The van der Waals surface area contributed by atoms with E-state index in [0.29, 0.717) is 0 Å². The van der Waals surface area contributed by atoms with Crippen molar-refractivity contribution in [1.82, 2.24) is 0 Å². The average molecular weight is 157 g/mol. The molecule has 0 atom stereocenters. The van der Waals surface area contributed by atoms with Crippen LogP contribution in [0.4, 0.5) is 12.9 Å². The van der Waals surface area contributed by atoms with Crippen molar-refractivity contribution in [2.45, 2.75) is 0 Å². The molecule has 0 heterocycles. The van der Waals surface area contributed by atoms with Gasteiger partial charge in [0.05, 0.1) is 13.2 Å². The summed E-state index contributed by atoms with van der Waals surface area (Å²) in [5, 5.41) is 0. The van der Waals surface area contributed by atoms with Gasteiger partial charge in [0.2, 0.25) is 0 Å². The van der Waals surface area contributed by atoms with Crippen molar-refractivity contribution >= 4 is 6.98 Å². The van der Waals surface area contributed by atoms with Crippen LogP contribution < -0.4 is 0 Å². The van der Waals surface area contributed by atoms with Gasteiger partial charge in [0.25, 0.3) is 0 Å². The van der Waals surface area contributed by atoms with Crippen molar-refractivity contribution in [1.29, 1.82) is 0 Å². The fraction of sp³-hybridized carbons (Fsp3) is 1.00. The van der Waals surface area contributed by atoms with Crippen molar-refractivity contribution in [3.05, 3.63) is 0 Å². The van der Waals surface area contributed by atoms with Crippen LogP contribution >= 0.6 is 0 Å². The number of rotatable bonds is 5. The van der Waals surface area contributed by atoms with Gasteiger partial charge >= 0.3 is 6.98 Å². The first-order valence-corrected chi connectivity index (χ1v) is 2.84. The minimum Gasteiger partial charge on any atom is -0.447 e. The van der Waals surface area contributed by atoms with Crippen molar-refractivity contribution < 1.29 is 22.4 Å². The maximum Gasteiger partial charge on any atom is 0.503 e. The van der Waals surface area contributed by atoms with E-state index in [4.69, 9.17) is 0 Å². The molecule has 0 rings (SSSR count). The molecule has 0 fully saturated rings. The lowest BCUT2D eigenvalue weighted by Crippen LogP contribution is -2.25. The first-order valence-electron chi connectivity index (χ1n) is 2.84. The predicted octanol–water partition coefficient (Wildman–Crippen LogP) is 1.04. The second-order valence-electron chi connectivity index (χ2n) is 1.78. The quantitative estimate of drug-likeness (QED) is 0.438. The first kappa shape index (κ1) is 9.77. The summed E-state index contributed by atoms with van der Waals surface area (Å²) in [5.74, 6) is 0. The van der Waals surface area contributed by atoms with Gasteiger partial charge < -0.3 is 22.4 Å². The lowest BCUT2D eigenvalue weighted by molar-refractivity contribution is 0.0814. The summed E-state index contributed by atoms with van der Waals surface area (Å²) < 4.78 is 42.8. The third kappa shape index (κ3) is 7.77. The van der Waals surface area contributed by atoms with E-state index in [0.717, 1.165) is 0 Å². The summed E-state index contributed by atoms with van der Waals surface area (Å²) in [5.41, 5.74) is 0. The van der Waals surface area contributed by atoms with Crippen molar-refractivity contribution in [3.8, 4) is 0 Å². The Labute approximate surface area is 57.4 Å². The van der Waals surface area contributed by atoms with Crippen LogP contribution in [-0.2, 0) is 9.47 Å². The fourth-order valence-electron chi connectivity index (χ4n) is 0.359. The van der Waals surface area contributed by atoms with Gasteiger partial charge in [-0.15, -0.1) is 0 Å². The van der Waals surface area contributed by atoms with Gasteiger partial charge in [-0.25, -0.2) is 0 Å². The van der Waals surface area contributed by atoms with Gasteiger partial charge in [-0.3, -0.25) is 0 Å². The maximum atomic E-state index is 11.4. The second kappa shape index (κ2) is 4.57. The molecule has 0 aliphatic heterocycles. The molecule has 0 spiro atoms. The van der Waals surface area contributed by atoms with Crippen LogP contribution in [0, 0.1) is 0 Å². The van der Waals surface area contributed by atoms with E-state index in [1.807, 2.05) is 0 Å². The highest BCUT2D eigenvalue weighted by molar-refractivity contribution is 6.58. The highest BCUT2D eigenvalue weighted by Gasteiger charge is 2.22. The van der Waals surface area contributed by atoms with E-state index in [-0.39, 0.29) is 13.2 Å². The second-order valence-corrected chi connectivity index (χ2v) is 1.78. The molecule has 0 amide bonds. The lowest BCUT2D eigenvalue weighted by atomic mass is 9.95. The molecule has 2 nitrogen and oxygen atoms in total. The third-order valence-corrected chi connectivity index (χ3v) is 0.739. The van der Waals surface area contributed by atoms with E-state index in [1.54, 1.807) is 0 Å². The minimum absolute atomic E-state index is 0.00222. The highest BCUT2D eigenvalue weighted by Crippen LogP contribution is 2.07. The lowest BCUT2D eigenvalue weighted by Gasteiger charge is -2.12. The van der Waals surface area contributed by atoms with Crippen molar-refractivity contribution in [2.75, 3.05) is 26.8 Å². The zero-order valence-corrected chi connectivity index (χ0v) is 5.65. The zero-order valence-electron chi connectivity index (χ0n) is 5.65. The van der Waals surface area contributed by atoms with Gasteiger partial charge in [-0.1, -0.05) is 0 Å². The van der Waals surface area contributed by atoms with Gasteiger partial charge in [0.1, 0.15) is 0 Å². The van der Waals surface area contributed by atoms with Crippen molar-refractivity contribution in [2.24, 2.45) is 0 Å². The monoisotopic (exact) mass is 157 g/mol. The molecule has 0 bridgehead atoms. The van der Waals surface area contributed by atoms with Crippen LogP contribution in [0.3, 0.4) is 0 Å². The Morgan fingerprint density at radius 1 is 1.20 bits per heavy atom. The zero-order chi connectivity index (χ0) is 8.04. The summed E-state index contributed by atoms with van der Waals surface area (Å²) >= 11 is 0. The van der Waals surface area contributed by atoms with E-state index in [1.165, 1.54) is 7.11 Å². The van der Waals surface area contributed by atoms with Crippen LogP contribution in [0.15, 0.2) is 0 Å². The molecule has 62 valence electrons. The number of ether oxygens (including phenoxy) is 2. The highest BCUT2D eigenvalue weighted by atomic mass is 19.4. The van der Waals surface area contributed by atoms with E-state index < -0.39 is 13.5 Å². The summed E-state index contributed by atoms with van der Waals surface area (Å²) in [6, 6.07) is 0. The topological polar surface area (TPSA) is 18.5 Å². The van der Waals surface area contributed by atoms with Crippen LogP contribution in [0.5, 0.6) is 0 Å². The summed E-state index contributed by atoms with van der Waals surface area (Å²) in [6.45, 7) is -5.73. The number of hydrogen-bond acceptors (Lipinski definition) is 2. The molecule has 0 N–H and O–H groups in total. The molecular formula is C4H9BF3O2-. The summed E-state index contributed by atoms with van der Waals surface area (Å²) in [4.78, 5) is 0. The Morgan fingerprint density at radius 2 is 1.80 bits per heavy atom. The Hall–Kier alpha value is -0.225. The first-order chi connectivity index (χ1) is 4.56. The Balaban J connectivity index is 3.04.